The molecule has 0 aliphatic heterocycles. The molecule has 3 rings (SSSR count). The van der Waals surface area contributed by atoms with Crippen molar-refractivity contribution in [3.05, 3.63) is 34.4 Å². The lowest BCUT2D eigenvalue weighted by molar-refractivity contribution is 0.832. The number of fused-ring (bicyclic) bond motifs is 1. The van der Waals surface area contributed by atoms with E-state index in [0.717, 1.165) is 16.9 Å². The predicted octanol–water partition coefficient (Wildman–Crippen LogP) is 1.83. The Bertz CT molecular complexity index is 669. The molecule has 3 aromatic heterocycles. The predicted molar refractivity (Wildman–Crippen MR) is 67.9 cm³/mol. The average Bonchev–Trinajstić information content (AvgIpc) is 2.85. The Morgan fingerprint density at radius 2 is 2.29 bits per heavy atom. The van der Waals surface area contributed by atoms with Crippen molar-refractivity contribution in [2.45, 2.75) is 13.5 Å². The first-order valence-corrected chi connectivity index (χ1v) is 6.09. The molecular formula is C11H11N5S. The van der Waals surface area contributed by atoms with E-state index in [2.05, 4.69) is 15.0 Å². The maximum absolute atomic E-state index is 5.92. The molecule has 3 aromatic rings. The monoisotopic (exact) mass is 245 g/mol. The fraction of sp³-hybridized carbons (Fsp3) is 0.182. The number of rotatable bonds is 2. The van der Waals surface area contributed by atoms with Crippen molar-refractivity contribution >= 4 is 28.4 Å². The molecule has 0 radical (unpaired) electrons. The Labute approximate surface area is 102 Å². The summed E-state index contributed by atoms with van der Waals surface area (Å²) in [5.74, 6) is 0.492. The molecule has 0 spiro atoms. The third-order valence-corrected chi connectivity index (χ3v) is 3.60. The second-order valence-electron chi connectivity index (χ2n) is 3.76. The van der Waals surface area contributed by atoms with E-state index in [0.29, 0.717) is 12.5 Å². The van der Waals surface area contributed by atoms with Crippen LogP contribution in [0.4, 0.5) is 5.95 Å². The van der Waals surface area contributed by atoms with E-state index in [4.69, 9.17) is 5.73 Å². The molecule has 0 fully saturated rings. The van der Waals surface area contributed by atoms with E-state index in [9.17, 15) is 0 Å². The highest BCUT2D eigenvalue weighted by Gasteiger charge is 2.11. The third-order valence-electron chi connectivity index (χ3n) is 2.68. The average molecular weight is 245 g/mol. The zero-order valence-electron chi connectivity index (χ0n) is 9.29. The Kier molecular flexibility index (Phi) is 2.29. The Balaban J connectivity index is 2.11. The number of nitrogens with two attached hydrogens (primary N) is 1. The largest absolute Gasteiger partial charge is 0.369 e. The zero-order chi connectivity index (χ0) is 11.8. The number of hydrogen-bond acceptors (Lipinski definition) is 5. The van der Waals surface area contributed by atoms with Crippen molar-refractivity contribution < 1.29 is 0 Å². The number of anilines is 1. The zero-order valence-corrected chi connectivity index (χ0v) is 10.1. The molecule has 0 unspecified atom stereocenters. The molecule has 0 aliphatic carbocycles. The van der Waals surface area contributed by atoms with E-state index in [1.54, 1.807) is 17.5 Å². The summed E-state index contributed by atoms with van der Waals surface area (Å²) in [4.78, 5) is 14.0. The summed E-state index contributed by atoms with van der Waals surface area (Å²) in [7, 11) is 0. The quantitative estimate of drug-likeness (QED) is 0.747. The number of aromatic nitrogens is 4. The summed E-state index contributed by atoms with van der Waals surface area (Å²) < 4.78 is 1.91. The first-order valence-electron chi connectivity index (χ1n) is 5.21. The molecule has 3 heterocycles. The molecule has 0 aliphatic rings. The van der Waals surface area contributed by atoms with Crippen LogP contribution < -0.4 is 5.73 Å². The second-order valence-corrected chi connectivity index (χ2v) is 4.70. The van der Waals surface area contributed by atoms with E-state index >= 15 is 0 Å². The highest BCUT2D eigenvalue weighted by Crippen LogP contribution is 2.20. The van der Waals surface area contributed by atoms with Gasteiger partial charge in [-0.3, -0.25) is 4.57 Å². The molecule has 2 N–H and O–H groups in total. The molecular weight excluding hydrogens is 234 g/mol. The molecule has 0 saturated carbocycles. The van der Waals surface area contributed by atoms with Gasteiger partial charge in [-0.15, -0.1) is 11.3 Å². The smallest absolute Gasteiger partial charge is 0.202 e. The topological polar surface area (TPSA) is 69.6 Å². The SMILES string of the molecule is Cc1ncsc1Cn1c(N)nc2cccnc21. The maximum Gasteiger partial charge on any atom is 0.202 e. The van der Waals surface area contributed by atoms with Gasteiger partial charge >= 0.3 is 0 Å². The lowest BCUT2D eigenvalue weighted by atomic mass is 10.4. The van der Waals surface area contributed by atoms with Gasteiger partial charge in [-0.05, 0) is 19.1 Å². The number of nitrogens with zero attached hydrogens (tertiary/aromatic N) is 4. The van der Waals surface area contributed by atoms with Gasteiger partial charge in [-0.25, -0.2) is 15.0 Å². The van der Waals surface area contributed by atoms with Gasteiger partial charge in [0.1, 0.15) is 5.52 Å². The van der Waals surface area contributed by atoms with E-state index in [1.165, 1.54) is 4.88 Å². The van der Waals surface area contributed by atoms with Crippen LogP contribution in [0.3, 0.4) is 0 Å². The molecule has 0 atom stereocenters. The first-order chi connectivity index (χ1) is 8.25. The van der Waals surface area contributed by atoms with Crippen LogP contribution >= 0.6 is 11.3 Å². The normalized spacial score (nSPS) is 11.1. The summed E-state index contributed by atoms with van der Waals surface area (Å²) in [6.07, 6.45) is 1.75. The lowest BCUT2D eigenvalue weighted by Crippen LogP contribution is -2.05. The fourth-order valence-electron chi connectivity index (χ4n) is 1.75. The van der Waals surface area contributed by atoms with Crippen LogP contribution in [0.5, 0.6) is 0 Å². The van der Waals surface area contributed by atoms with Gasteiger partial charge in [0, 0.05) is 11.1 Å². The van der Waals surface area contributed by atoms with Gasteiger partial charge < -0.3 is 5.73 Å². The second kappa shape index (κ2) is 3.81. The van der Waals surface area contributed by atoms with Crippen LogP contribution in [0.15, 0.2) is 23.8 Å². The van der Waals surface area contributed by atoms with Gasteiger partial charge in [-0.1, -0.05) is 0 Å². The maximum atomic E-state index is 5.92. The van der Waals surface area contributed by atoms with E-state index in [1.807, 2.05) is 29.1 Å². The Hall–Kier alpha value is -1.95. The van der Waals surface area contributed by atoms with Gasteiger partial charge in [0.05, 0.1) is 17.7 Å². The number of hydrogen-bond donors (Lipinski definition) is 1. The number of aryl methyl sites for hydroxylation is 1. The molecule has 0 saturated heterocycles. The molecule has 0 bridgehead atoms. The Morgan fingerprint density at radius 3 is 3.06 bits per heavy atom. The number of imidazole rings is 1. The van der Waals surface area contributed by atoms with Crippen molar-refractivity contribution in [2.24, 2.45) is 0 Å². The summed E-state index contributed by atoms with van der Waals surface area (Å²) in [5.41, 5.74) is 10.4. The van der Waals surface area contributed by atoms with Crippen molar-refractivity contribution in [1.82, 2.24) is 19.5 Å². The van der Waals surface area contributed by atoms with Gasteiger partial charge in [0.2, 0.25) is 5.95 Å². The minimum Gasteiger partial charge on any atom is -0.369 e. The summed E-state index contributed by atoms with van der Waals surface area (Å²) in [6.45, 7) is 2.67. The van der Waals surface area contributed by atoms with Crippen molar-refractivity contribution in [2.75, 3.05) is 5.73 Å². The van der Waals surface area contributed by atoms with Gasteiger partial charge in [0.15, 0.2) is 5.65 Å². The number of thiazole rings is 1. The molecule has 17 heavy (non-hydrogen) atoms. The summed E-state index contributed by atoms with van der Waals surface area (Å²) in [5, 5.41) is 0. The molecule has 0 aromatic carbocycles. The van der Waals surface area contributed by atoms with Crippen LogP contribution in [0.2, 0.25) is 0 Å². The number of pyridine rings is 1. The fourth-order valence-corrected chi connectivity index (χ4v) is 2.52. The molecule has 86 valence electrons. The van der Waals surface area contributed by atoms with Crippen LogP contribution in [0, 0.1) is 6.92 Å². The van der Waals surface area contributed by atoms with Crippen LogP contribution in [0.25, 0.3) is 11.2 Å². The van der Waals surface area contributed by atoms with E-state index in [-0.39, 0.29) is 0 Å². The van der Waals surface area contributed by atoms with Crippen LogP contribution in [0.1, 0.15) is 10.6 Å². The van der Waals surface area contributed by atoms with Crippen LogP contribution in [-0.2, 0) is 6.54 Å². The first kappa shape index (κ1) is 10.2. The van der Waals surface area contributed by atoms with E-state index < -0.39 is 0 Å². The summed E-state index contributed by atoms with van der Waals surface area (Å²) in [6, 6.07) is 3.77. The lowest BCUT2D eigenvalue weighted by Gasteiger charge is -2.03. The van der Waals surface area contributed by atoms with Gasteiger partial charge in [0.25, 0.3) is 0 Å². The standard InChI is InChI=1S/C11H11N5S/c1-7-9(17-6-14-7)5-16-10-8(15-11(16)12)3-2-4-13-10/h2-4,6H,5H2,1H3,(H2,12,15). The van der Waals surface area contributed by atoms with Gasteiger partial charge in [-0.2, -0.15) is 0 Å². The highest BCUT2D eigenvalue weighted by atomic mass is 32.1. The van der Waals surface area contributed by atoms with Crippen molar-refractivity contribution in [1.29, 1.82) is 0 Å². The van der Waals surface area contributed by atoms with Crippen molar-refractivity contribution in [3.63, 3.8) is 0 Å². The van der Waals surface area contributed by atoms with Crippen LogP contribution in [-0.4, -0.2) is 19.5 Å². The molecule has 5 nitrogen and oxygen atoms in total. The summed E-state index contributed by atoms with van der Waals surface area (Å²) >= 11 is 1.62. The molecule has 0 amide bonds. The number of nitrogen functional groups attached to an aromatic ring is 1. The third kappa shape index (κ3) is 1.66. The Morgan fingerprint density at radius 1 is 1.41 bits per heavy atom. The van der Waals surface area contributed by atoms with Crippen molar-refractivity contribution in [3.8, 4) is 0 Å². The minimum absolute atomic E-state index is 0.492. The minimum atomic E-state index is 0.492. The highest BCUT2D eigenvalue weighted by molar-refractivity contribution is 7.09. The molecule has 6 heteroatoms.